The molecule has 4 nitrogen and oxygen atoms in total. The Labute approximate surface area is 125 Å². The van der Waals surface area contributed by atoms with Crippen LogP contribution in [0.15, 0.2) is 42.5 Å². The zero-order valence-electron chi connectivity index (χ0n) is 12.8. The predicted octanol–water partition coefficient (Wildman–Crippen LogP) is 3.89. The maximum atomic E-state index is 5.44. The quantitative estimate of drug-likeness (QED) is 0.875. The van der Waals surface area contributed by atoms with Gasteiger partial charge in [0.1, 0.15) is 17.2 Å². The lowest BCUT2D eigenvalue weighted by molar-refractivity contribution is 0.390. The highest BCUT2D eigenvalue weighted by atomic mass is 16.5. The Balaban J connectivity index is 2.17. The van der Waals surface area contributed by atoms with Crippen LogP contribution in [-0.4, -0.2) is 21.3 Å². The number of anilines is 1. The second-order valence-electron chi connectivity index (χ2n) is 4.70. The van der Waals surface area contributed by atoms with Crippen molar-refractivity contribution in [2.45, 2.75) is 13.0 Å². The van der Waals surface area contributed by atoms with Crippen molar-refractivity contribution >= 4 is 5.69 Å². The molecule has 0 saturated carbocycles. The van der Waals surface area contributed by atoms with Crippen molar-refractivity contribution in [3.8, 4) is 17.2 Å². The van der Waals surface area contributed by atoms with E-state index < -0.39 is 0 Å². The summed E-state index contributed by atoms with van der Waals surface area (Å²) in [6.45, 7) is 2.09. The Hall–Kier alpha value is -2.36. The van der Waals surface area contributed by atoms with E-state index in [1.54, 1.807) is 21.3 Å². The van der Waals surface area contributed by atoms with E-state index in [-0.39, 0.29) is 6.04 Å². The lowest BCUT2D eigenvalue weighted by Crippen LogP contribution is -2.08. The summed E-state index contributed by atoms with van der Waals surface area (Å²) in [5.74, 6) is 2.44. The first kappa shape index (κ1) is 15.0. The van der Waals surface area contributed by atoms with E-state index in [1.165, 1.54) is 0 Å². The fourth-order valence-corrected chi connectivity index (χ4v) is 2.19. The maximum absolute atomic E-state index is 5.44. The molecule has 0 aliphatic rings. The minimum atomic E-state index is 0.110. The van der Waals surface area contributed by atoms with E-state index in [2.05, 4.69) is 12.2 Å². The Morgan fingerprint density at radius 1 is 0.810 bits per heavy atom. The molecule has 21 heavy (non-hydrogen) atoms. The molecule has 0 aliphatic carbocycles. The lowest BCUT2D eigenvalue weighted by atomic mass is 10.1. The van der Waals surface area contributed by atoms with Crippen molar-refractivity contribution in [1.82, 2.24) is 0 Å². The molecule has 2 aromatic rings. The smallest absolute Gasteiger partial charge is 0.127 e. The van der Waals surface area contributed by atoms with Crippen molar-refractivity contribution in [2.24, 2.45) is 0 Å². The maximum Gasteiger partial charge on any atom is 0.127 e. The van der Waals surface area contributed by atoms with Gasteiger partial charge in [0, 0.05) is 17.3 Å². The van der Waals surface area contributed by atoms with Crippen LogP contribution in [0.4, 0.5) is 5.69 Å². The molecule has 4 heteroatoms. The monoisotopic (exact) mass is 287 g/mol. The zero-order valence-corrected chi connectivity index (χ0v) is 12.8. The van der Waals surface area contributed by atoms with E-state index in [9.17, 15) is 0 Å². The summed E-state index contributed by atoms with van der Waals surface area (Å²) in [4.78, 5) is 0. The number of nitrogens with one attached hydrogen (secondary N) is 1. The Bertz CT molecular complexity index is 581. The standard InChI is InChI=1S/C17H21NO3/c1-12(18-13-5-7-14(19-2)8-6-13)16-10-9-15(20-3)11-17(16)21-4/h5-12,18H,1-4H3. The molecule has 0 aliphatic heterocycles. The van der Waals surface area contributed by atoms with Gasteiger partial charge < -0.3 is 19.5 Å². The summed E-state index contributed by atoms with van der Waals surface area (Å²) in [7, 11) is 4.97. The fraction of sp³-hybridized carbons (Fsp3) is 0.294. The lowest BCUT2D eigenvalue weighted by Gasteiger charge is -2.19. The largest absolute Gasteiger partial charge is 0.497 e. The van der Waals surface area contributed by atoms with Gasteiger partial charge in [0.15, 0.2) is 0 Å². The number of benzene rings is 2. The fourth-order valence-electron chi connectivity index (χ4n) is 2.19. The molecule has 1 unspecified atom stereocenters. The van der Waals surface area contributed by atoms with Crippen LogP contribution in [0.25, 0.3) is 0 Å². The highest BCUT2D eigenvalue weighted by Crippen LogP contribution is 2.31. The molecule has 0 amide bonds. The third-order valence-corrected chi connectivity index (χ3v) is 3.38. The molecular formula is C17H21NO3. The first-order valence-electron chi connectivity index (χ1n) is 6.80. The van der Waals surface area contributed by atoms with E-state index >= 15 is 0 Å². The van der Waals surface area contributed by atoms with Gasteiger partial charge in [-0.2, -0.15) is 0 Å². The van der Waals surface area contributed by atoms with Crippen LogP contribution in [0.1, 0.15) is 18.5 Å². The molecule has 0 spiro atoms. The summed E-state index contributed by atoms with van der Waals surface area (Å²) in [6, 6.07) is 13.8. The average Bonchev–Trinajstić information content (AvgIpc) is 2.54. The van der Waals surface area contributed by atoms with Gasteiger partial charge in [-0.15, -0.1) is 0 Å². The molecule has 0 radical (unpaired) electrons. The van der Waals surface area contributed by atoms with E-state index in [0.29, 0.717) is 0 Å². The van der Waals surface area contributed by atoms with Crippen molar-refractivity contribution in [3.63, 3.8) is 0 Å². The first-order chi connectivity index (χ1) is 10.2. The highest BCUT2D eigenvalue weighted by Gasteiger charge is 2.12. The molecule has 0 heterocycles. The number of ether oxygens (including phenoxy) is 3. The van der Waals surface area contributed by atoms with Crippen molar-refractivity contribution in [3.05, 3.63) is 48.0 Å². The van der Waals surface area contributed by atoms with Crippen LogP contribution in [-0.2, 0) is 0 Å². The van der Waals surface area contributed by atoms with Crippen molar-refractivity contribution < 1.29 is 14.2 Å². The SMILES string of the molecule is COc1ccc(NC(C)c2ccc(OC)cc2OC)cc1. The molecule has 2 rings (SSSR count). The van der Waals surface area contributed by atoms with Gasteiger partial charge in [-0.05, 0) is 43.3 Å². The molecule has 112 valence electrons. The summed E-state index contributed by atoms with van der Waals surface area (Å²) in [6.07, 6.45) is 0. The normalized spacial score (nSPS) is 11.6. The van der Waals surface area contributed by atoms with E-state index in [4.69, 9.17) is 14.2 Å². The molecular weight excluding hydrogens is 266 g/mol. The Morgan fingerprint density at radius 2 is 1.43 bits per heavy atom. The molecule has 0 saturated heterocycles. The third-order valence-electron chi connectivity index (χ3n) is 3.38. The molecule has 2 aromatic carbocycles. The van der Waals surface area contributed by atoms with Crippen molar-refractivity contribution in [1.29, 1.82) is 0 Å². The van der Waals surface area contributed by atoms with Crippen LogP contribution in [0.2, 0.25) is 0 Å². The third kappa shape index (κ3) is 3.60. The number of hydrogen-bond acceptors (Lipinski definition) is 4. The van der Waals surface area contributed by atoms with Gasteiger partial charge in [0.25, 0.3) is 0 Å². The minimum Gasteiger partial charge on any atom is -0.497 e. The summed E-state index contributed by atoms with van der Waals surface area (Å²) in [5.41, 5.74) is 2.11. The Morgan fingerprint density at radius 3 is 2.00 bits per heavy atom. The van der Waals surface area contributed by atoms with Crippen LogP contribution < -0.4 is 19.5 Å². The van der Waals surface area contributed by atoms with Crippen molar-refractivity contribution in [2.75, 3.05) is 26.6 Å². The van der Waals surface area contributed by atoms with Crippen LogP contribution >= 0.6 is 0 Å². The topological polar surface area (TPSA) is 39.7 Å². The minimum absolute atomic E-state index is 0.110. The average molecular weight is 287 g/mol. The Kier molecular flexibility index (Phi) is 4.93. The molecule has 1 N–H and O–H groups in total. The second kappa shape index (κ2) is 6.88. The highest BCUT2D eigenvalue weighted by molar-refractivity contribution is 5.50. The van der Waals surface area contributed by atoms with Gasteiger partial charge in [-0.3, -0.25) is 0 Å². The van der Waals surface area contributed by atoms with Crippen LogP contribution in [0.5, 0.6) is 17.2 Å². The number of hydrogen-bond donors (Lipinski definition) is 1. The van der Waals surface area contributed by atoms with Gasteiger partial charge in [0.2, 0.25) is 0 Å². The van der Waals surface area contributed by atoms with E-state index in [0.717, 1.165) is 28.5 Å². The summed E-state index contributed by atoms with van der Waals surface area (Å²) < 4.78 is 15.8. The van der Waals surface area contributed by atoms with Gasteiger partial charge in [0.05, 0.1) is 27.4 Å². The second-order valence-corrected chi connectivity index (χ2v) is 4.70. The molecule has 0 fully saturated rings. The molecule has 0 aromatic heterocycles. The summed E-state index contributed by atoms with van der Waals surface area (Å²) >= 11 is 0. The predicted molar refractivity (Wildman–Crippen MR) is 84.6 cm³/mol. The van der Waals surface area contributed by atoms with E-state index in [1.807, 2.05) is 42.5 Å². The number of rotatable bonds is 6. The van der Waals surface area contributed by atoms with Crippen LogP contribution in [0, 0.1) is 0 Å². The zero-order chi connectivity index (χ0) is 15.2. The van der Waals surface area contributed by atoms with Gasteiger partial charge in [-0.25, -0.2) is 0 Å². The first-order valence-corrected chi connectivity index (χ1v) is 6.80. The molecule has 1 atom stereocenters. The number of methoxy groups -OCH3 is 3. The molecule has 0 bridgehead atoms. The summed E-state index contributed by atoms with van der Waals surface area (Å²) in [5, 5.41) is 3.45. The van der Waals surface area contributed by atoms with Crippen LogP contribution in [0.3, 0.4) is 0 Å². The van der Waals surface area contributed by atoms with Gasteiger partial charge in [-0.1, -0.05) is 0 Å². The van der Waals surface area contributed by atoms with Gasteiger partial charge >= 0.3 is 0 Å².